The second-order valence-corrected chi connectivity index (χ2v) is 6.39. The van der Waals surface area contributed by atoms with E-state index in [1.807, 2.05) is 7.05 Å². The minimum absolute atomic E-state index is 0.163. The van der Waals surface area contributed by atoms with Crippen molar-refractivity contribution < 1.29 is 4.79 Å². The van der Waals surface area contributed by atoms with Gasteiger partial charge >= 0.3 is 0 Å². The number of piperidine rings is 1. The van der Waals surface area contributed by atoms with E-state index in [1.54, 1.807) is 7.05 Å². The van der Waals surface area contributed by atoms with Crippen molar-refractivity contribution in [2.75, 3.05) is 27.2 Å². The number of nitrogens with one attached hydrogen (secondary N) is 2. The third kappa shape index (κ3) is 4.61. The minimum Gasteiger partial charge on any atom is -0.359 e. The van der Waals surface area contributed by atoms with Crippen molar-refractivity contribution in [1.82, 2.24) is 15.5 Å². The number of nitrogens with zero attached hydrogens (tertiary/aromatic N) is 2. The third-order valence-electron chi connectivity index (χ3n) is 4.78. The van der Waals surface area contributed by atoms with E-state index in [-0.39, 0.29) is 5.91 Å². The molecule has 2 N–H and O–H groups in total. The minimum atomic E-state index is 0.163. The molecule has 1 heterocycles. The van der Waals surface area contributed by atoms with Gasteiger partial charge in [0.05, 0.1) is 0 Å². The van der Waals surface area contributed by atoms with Gasteiger partial charge in [-0.1, -0.05) is 13.3 Å². The quantitative estimate of drug-likeness (QED) is 0.598. The summed E-state index contributed by atoms with van der Waals surface area (Å²) in [6, 6.07) is 0.632. The van der Waals surface area contributed by atoms with Crippen LogP contribution in [0, 0.1) is 11.8 Å². The fourth-order valence-corrected chi connectivity index (χ4v) is 3.29. The van der Waals surface area contributed by atoms with Crippen molar-refractivity contribution in [3.8, 4) is 0 Å². The molecule has 1 amide bonds. The first-order valence-corrected chi connectivity index (χ1v) is 8.36. The molecule has 1 aliphatic heterocycles. The lowest BCUT2D eigenvalue weighted by atomic mass is 9.93. The normalized spacial score (nSPS) is 26.6. The maximum Gasteiger partial charge on any atom is 0.220 e. The average molecular weight is 294 g/mol. The summed E-state index contributed by atoms with van der Waals surface area (Å²) in [5.74, 6) is 2.58. The highest BCUT2D eigenvalue weighted by Crippen LogP contribution is 2.34. The molecule has 0 aromatic carbocycles. The molecule has 2 rings (SSSR count). The molecule has 2 aliphatic rings. The monoisotopic (exact) mass is 294 g/mol. The van der Waals surface area contributed by atoms with Gasteiger partial charge in [0.15, 0.2) is 5.96 Å². The molecule has 5 nitrogen and oxygen atoms in total. The van der Waals surface area contributed by atoms with Gasteiger partial charge in [0.25, 0.3) is 0 Å². The van der Waals surface area contributed by atoms with Crippen LogP contribution in [0.15, 0.2) is 4.99 Å². The summed E-state index contributed by atoms with van der Waals surface area (Å²) < 4.78 is 0. The smallest absolute Gasteiger partial charge is 0.220 e. The fourth-order valence-electron chi connectivity index (χ4n) is 3.29. The molecule has 0 bridgehead atoms. The van der Waals surface area contributed by atoms with Crippen LogP contribution < -0.4 is 10.6 Å². The van der Waals surface area contributed by atoms with E-state index in [9.17, 15) is 4.79 Å². The maximum absolute atomic E-state index is 11.4. The number of carbonyl (C=O) groups excluding carboxylic acids is 1. The first-order chi connectivity index (χ1) is 10.2. The van der Waals surface area contributed by atoms with Crippen LogP contribution >= 0.6 is 0 Å². The van der Waals surface area contributed by atoms with Gasteiger partial charge in [-0.2, -0.15) is 0 Å². The molecular weight excluding hydrogens is 264 g/mol. The zero-order valence-corrected chi connectivity index (χ0v) is 13.7. The van der Waals surface area contributed by atoms with E-state index in [1.165, 1.54) is 19.3 Å². The Balaban J connectivity index is 1.74. The topological polar surface area (TPSA) is 56.7 Å². The zero-order valence-electron chi connectivity index (χ0n) is 13.7. The Labute approximate surface area is 128 Å². The average Bonchev–Trinajstić information content (AvgIpc) is 3.24. The molecule has 0 radical (unpaired) electrons. The number of carbonyl (C=O) groups is 1. The Bertz CT molecular complexity index is 374. The van der Waals surface area contributed by atoms with Crippen LogP contribution in [-0.4, -0.2) is 50.0 Å². The van der Waals surface area contributed by atoms with Gasteiger partial charge in [0.1, 0.15) is 0 Å². The highest BCUT2D eigenvalue weighted by molar-refractivity contribution is 5.80. The van der Waals surface area contributed by atoms with Crippen LogP contribution in [0.25, 0.3) is 0 Å². The summed E-state index contributed by atoms with van der Waals surface area (Å²) in [7, 11) is 3.59. The molecule has 2 fully saturated rings. The zero-order chi connectivity index (χ0) is 15.2. The van der Waals surface area contributed by atoms with E-state index in [0.29, 0.717) is 18.4 Å². The number of hydrogen-bond donors (Lipinski definition) is 2. The van der Waals surface area contributed by atoms with E-state index in [4.69, 9.17) is 0 Å². The molecule has 0 aromatic rings. The molecule has 5 heteroatoms. The van der Waals surface area contributed by atoms with E-state index >= 15 is 0 Å². The largest absolute Gasteiger partial charge is 0.359 e. The number of likely N-dealkylation sites (tertiary alicyclic amines) is 1. The molecule has 1 saturated carbocycles. The molecule has 0 aromatic heterocycles. The number of guanidine groups is 1. The molecule has 2 unspecified atom stereocenters. The molecule has 2 atom stereocenters. The Morgan fingerprint density at radius 1 is 1.33 bits per heavy atom. The lowest BCUT2D eigenvalue weighted by Crippen LogP contribution is -2.47. The summed E-state index contributed by atoms with van der Waals surface area (Å²) in [6.07, 6.45) is 6.71. The lowest BCUT2D eigenvalue weighted by Gasteiger charge is -2.34. The predicted octanol–water partition coefficient (Wildman–Crippen LogP) is 1.60. The van der Waals surface area contributed by atoms with E-state index in [2.05, 4.69) is 27.4 Å². The first-order valence-electron chi connectivity index (χ1n) is 8.36. The van der Waals surface area contributed by atoms with Crippen molar-refractivity contribution >= 4 is 11.9 Å². The Kier molecular flexibility index (Phi) is 5.88. The summed E-state index contributed by atoms with van der Waals surface area (Å²) in [4.78, 5) is 18.2. The second-order valence-electron chi connectivity index (χ2n) is 6.39. The van der Waals surface area contributed by atoms with Crippen molar-refractivity contribution in [2.24, 2.45) is 16.8 Å². The number of rotatable bonds is 5. The van der Waals surface area contributed by atoms with Gasteiger partial charge in [-0.3, -0.25) is 9.79 Å². The highest BCUT2D eigenvalue weighted by atomic mass is 16.1. The summed E-state index contributed by atoms with van der Waals surface area (Å²) >= 11 is 0. The maximum atomic E-state index is 11.4. The van der Waals surface area contributed by atoms with Crippen LogP contribution in [-0.2, 0) is 4.79 Å². The standard InChI is InChI=1S/C16H30N4O/c1-4-5-13-11-14(13)19-16(18-3)20-8-6-12(7-9-20)10-15(21)17-2/h12-14H,4-11H2,1-3H3,(H,17,21)(H,18,19). The fraction of sp³-hybridized carbons (Fsp3) is 0.875. The van der Waals surface area contributed by atoms with Crippen LogP contribution in [0.4, 0.5) is 0 Å². The van der Waals surface area contributed by atoms with Crippen molar-refractivity contribution in [3.63, 3.8) is 0 Å². The Morgan fingerprint density at radius 2 is 2.05 bits per heavy atom. The van der Waals surface area contributed by atoms with Gasteiger partial charge in [-0.15, -0.1) is 0 Å². The van der Waals surface area contributed by atoms with E-state index in [0.717, 1.165) is 37.8 Å². The van der Waals surface area contributed by atoms with Gasteiger partial charge in [-0.25, -0.2) is 0 Å². The van der Waals surface area contributed by atoms with Crippen molar-refractivity contribution in [1.29, 1.82) is 0 Å². The Morgan fingerprint density at radius 3 is 2.62 bits per heavy atom. The summed E-state index contributed by atoms with van der Waals surface area (Å²) in [5, 5.41) is 6.33. The van der Waals surface area contributed by atoms with Crippen LogP contribution in [0.3, 0.4) is 0 Å². The van der Waals surface area contributed by atoms with Gasteiger partial charge in [0.2, 0.25) is 5.91 Å². The number of amides is 1. The van der Waals surface area contributed by atoms with Gasteiger partial charge in [0, 0.05) is 39.6 Å². The molecule has 1 aliphatic carbocycles. The van der Waals surface area contributed by atoms with Crippen molar-refractivity contribution in [3.05, 3.63) is 0 Å². The second kappa shape index (κ2) is 7.66. The molecule has 0 spiro atoms. The number of aliphatic imine (C=N–C) groups is 1. The van der Waals surface area contributed by atoms with E-state index < -0.39 is 0 Å². The lowest BCUT2D eigenvalue weighted by molar-refractivity contribution is -0.121. The molecule has 120 valence electrons. The molecular formula is C16H30N4O. The van der Waals surface area contributed by atoms with Crippen LogP contribution in [0.2, 0.25) is 0 Å². The third-order valence-corrected chi connectivity index (χ3v) is 4.78. The molecule has 1 saturated heterocycles. The highest BCUT2D eigenvalue weighted by Gasteiger charge is 2.37. The van der Waals surface area contributed by atoms with Crippen LogP contribution in [0.1, 0.15) is 45.4 Å². The Hall–Kier alpha value is -1.26. The van der Waals surface area contributed by atoms with Gasteiger partial charge < -0.3 is 15.5 Å². The first kappa shape index (κ1) is 16.1. The SMILES string of the molecule is CCCC1CC1NC(=NC)N1CCC(CC(=O)NC)CC1. The molecule has 21 heavy (non-hydrogen) atoms. The van der Waals surface area contributed by atoms with Crippen molar-refractivity contribution in [2.45, 2.75) is 51.5 Å². The summed E-state index contributed by atoms with van der Waals surface area (Å²) in [6.45, 7) is 4.26. The van der Waals surface area contributed by atoms with Crippen LogP contribution in [0.5, 0.6) is 0 Å². The summed E-state index contributed by atoms with van der Waals surface area (Å²) in [5.41, 5.74) is 0. The predicted molar refractivity (Wildman–Crippen MR) is 86.3 cm³/mol. The van der Waals surface area contributed by atoms with Gasteiger partial charge in [-0.05, 0) is 37.5 Å². The number of hydrogen-bond acceptors (Lipinski definition) is 2.